The molecule has 3 nitrogen and oxygen atoms in total. The van der Waals surface area contributed by atoms with E-state index in [9.17, 15) is 0 Å². The maximum Gasteiger partial charge on any atom is 0.227 e. The molecule has 0 atom stereocenters. The summed E-state index contributed by atoms with van der Waals surface area (Å²) in [6, 6.07) is 6.37. The van der Waals surface area contributed by atoms with Crippen molar-refractivity contribution in [3.63, 3.8) is 0 Å². The van der Waals surface area contributed by atoms with Crippen LogP contribution in [0.4, 0.5) is 0 Å². The SMILES string of the molecule is Clc1c(Br)cccc1-c1nc(CNC2CC2)co1. The third kappa shape index (κ3) is 2.60. The largest absolute Gasteiger partial charge is 0.444 e. The molecule has 3 rings (SSSR count). The molecule has 1 aromatic carbocycles. The van der Waals surface area contributed by atoms with Crippen molar-refractivity contribution in [1.82, 2.24) is 10.3 Å². The standard InChI is InChI=1S/C13H12BrClN2O/c14-11-3-1-2-10(12(11)15)13-17-9(7-18-13)6-16-8-4-5-8/h1-3,7-8,16H,4-6H2. The predicted molar refractivity (Wildman–Crippen MR) is 74.5 cm³/mol. The van der Waals surface area contributed by atoms with Gasteiger partial charge in [0.15, 0.2) is 0 Å². The molecule has 1 fully saturated rings. The Hall–Kier alpha value is -0.840. The van der Waals surface area contributed by atoms with Gasteiger partial charge in [0.1, 0.15) is 6.26 Å². The van der Waals surface area contributed by atoms with E-state index in [-0.39, 0.29) is 0 Å². The van der Waals surface area contributed by atoms with Crippen molar-refractivity contribution in [2.75, 3.05) is 0 Å². The van der Waals surface area contributed by atoms with Gasteiger partial charge in [0, 0.05) is 17.1 Å². The molecule has 0 unspecified atom stereocenters. The molecule has 1 saturated carbocycles. The van der Waals surface area contributed by atoms with Crippen LogP contribution in [0.5, 0.6) is 0 Å². The number of oxazole rings is 1. The van der Waals surface area contributed by atoms with E-state index in [1.807, 2.05) is 18.2 Å². The van der Waals surface area contributed by atoms with E-state index in [0.717, 1.165) is 22.3 Å². The van der Waals surface area contributed by atoms with Gasteiger partial charge in [0.05, 0.1) is 16.3 Å². The Morgan fingerprint density at radius 3 is 3.06 bits per heavy atom. The molecule has 0 aliphatic heterocycles. The van der Waals surface area contributed by atoms with Crippen LogP contribution in [0.3, 0.4) is 0 Å². The Morgan fingerprint density at radius 2 is 2.28 bits per heavy atom. The highest BCUT2D eigenvalue weighted by molar-refractivity contribution is 9.10. The maximum absolute atomic E-state index is 6.21. The lowest BCUT2D eigenvalue weighted by atomic mass is 10.2. The fourth-order valence-corrected chi connectivity index (χ4v) is 2.29. The molecule has 1 heterocycles. The van der Waals surface area contributed by atoms with Gasteiger partial charge in [-0.25, -0.2) is 4.98 Å². The number of rotatable bonds is 4. The zero-order valence-electron chi connectivity index (χ0n) is 9.62. The molecule has 2 aromatic rings. The maximum atomic E-state index is 6.21. The molecule has 1 aliphatic carbocycles. The summed E-state index contributed by atoms with van der Waals surface area (Å²) >= 11 is 9.61. The molecule has 5 heteroatoms. The van der Waals surface area contributed by atoms with E-state index in [0.29, 0.717) is 17.0 Å². The van der Waals surface area contributed by atoms with Crippen LogP contribution in [0.15, 0.2) is 33.4 Å². The van der Waals surface area contributed by atoms with Crippen LogP contribution in [0, 0.1) is 0 Å². The third-order valence-electron chi connectivity index (χ3n) is 2.88. The van der Waals surface area contributed by atoms with Gasteiger partial charge in [-0.3, -0.25) is 0 Å². The van der Waals surface area contributed by atoms with E-state index >= 15 is 0 Å². The Bertz CT molecular complexity index is 566. The second-order valence-corrected chi connectivity index (χ2v) is 5.63. The minimum Gasteiger partial charge on any atom is -0.444 e. The number of hydrogen-bond acceptors (Lipinski definition) is 3. The first-order chi connectivity index (χ1) is 8.74. The zero-order chi connectivity index (χ0) is 12.5. The second-order valence-electron chi connectivity index (χ2n) is 4.40. The molecule has 0 bridgehead atoms. The smallest absolute Gasteiger partial charge is 0.227 e. The summed E-state index contributed by atoms with van der Waals surface area (Å²) in [5, 5.41) is 4.02. The third-order valence-corrected chi connectivity index (χ3v) is 4.18. The van der Waals surface area contributed by atoms with E-state index in [1.54, 1.807) is 6.26 Å². The van der Waals surface area contributed by atoms with Crippen molar-refractivity contribution in [3.05, 3.63) is 39.7 Å². The monoisotopic (exact) mass is 326 g/mol. The number of halogens is 2. The summed E-state index contributed by atoms with van der Waals surface area (Å²) < 4.78 is 6.33. The number of hydrogen-bond donors (Lipinski definition) is 1. The van der Waals surface area contributed by atoms with E-state index < -0.39 is 0 Å². The molecule has 18 heavy (non-hydrogen) atoms. The first kappa shape index (κ1) is 12.2. The normalized spacial score (nSPS) is 15.0. The average Bonchev–Trinajstić information content (AvgIpc) is 3.08. The lowest BCUT2D eigenvalue weighted by molar-refractivity contribution is 0.570. The van der Waals surface area contributed by atoms with Crippen LogP contribution in [-0.2, 0) is 6.54 Å². The van der Waals surface area contributed by atoms with Crippen molar-refractivity contribution >= 4 is 27.5 Å². The van der Waals surface area contributed by atoms with Crippen LogP contribution >= 0.6 is 27.5 Å². The predicted octanol–water partition coefficient (Wildman–Crippen LogP) is 4.01. The van der Waals surface area contributed by atoms with Crippen molar-refractivity contribution in [3.8, 4) is 11.5 Å². The van der Waals surface area contributed by atoms with Crippen molar-refractivity contribution in [1.29, 1.82) is 0 Å². The van der Waals surface area contributed by atoms with Crippen molar-refractivity contribution in [2.24, 2.45) is 0 Å². The first-order valence-electron chi connectivity index (χ1n) is 5.86. The zero-order valence-corrected chi connectivity index (χ0v) is 12.0. The number of aromatic nitrogens is 1. The minimum atomic E-state index is 0.564. The van der Waals surface area contributed by atoms with Gasteiger partial charge in [0.2, 0.25) is 5.89 Å². The summed E-state index contributed by atoms with van der Waals surface area (Å²) in [4.78, 5) is 4.45. The lowest BCUT2D eigenvalue weighted by Gasteiger charge is -2.01. The molecule has 0 amide bonds. The summed E-state index contributed by atoms with van der Waals surface area (Å²) in [7, 11) is 0. The van der Waals surface area contributed by atoms with Gasteiger partial charge in [-0.05, 0) is 40.9 Å². The van der Waals surface area contributed by atoms with Crippen molar-refractivity contribution in [2.45, 2.75) is 25.4 Å². The quantitative estimate of drug-likeness (QED) is 0.922. The Labute approximate surface area is 119 Å². The summed E-state index contributed by atoms with van der Waals surface area (Å²) in [5.41, 5.74) is 1.72. The Kier molecular flexibility index (Phi) is 3.41. The number of nitrogens with zero attached hydrogens (tertiary/aromatic N) is 1. The fraction of sp³-hybridized carbons (Fsp3) is 0.308. The summed E-state index contributed by atoms with van der Waals surface area (Å²) in [5.74, 6) is 0.564. The number of benzene rings is 1. The van der Waals surface area contributed by atoms with Gasteiger partial charge < -0.3 is 9.73 Å². The topological polar surface area (TPSA) is 38.1 Å². The van der Waals surface area contributed by atoms with E-state index in [4.69, 9.17) is 16.0 Å². The summed E-state index contributed by atoms with van der Waals surface area (Å²) in [6.45, 7) is 0.750. The van der Waals surface area contributed by atoms with Gasteiger partial charge in [-0.15, -0.1) is 0 Å². The average molecular weight is 328 g/mol. The van der Waals surface area contributed by atoms with Crippen molar-refractivity contribution < 1.29 is 4.42 Å². The van der Waals surface area contributed by atoms with Gasteiger partial charge in [-0.2, -0.15) is 0 Å². The van der Waals surface area contributed by atoms with E-state index in [2.05, 4.69) is 26.2 Å². The molecule has 94 valence electrons. The number of nitrogens with one attached hydrogen (secondary N) is 1. The van der Waals surface area contributed by atoms with Gasteiger partial charge >= 0.3 is 0 Å². The molecule has 0 radical (unpaired) electrons. The van der Waals surface area contributed by atoms with Crippen LogP contribution in [0.1, 0.15) is 18.5 Å². The van der Waals surface area contributed by atoms with Crippen LogP contribution < -0.4 is 5.32 Å². The Balaban J connectivity index is 1.80. The molecule has 1 aliphatic rings. The molecule has 0 saturated heterocycles. The highest BCUT2D eigenvalue weighted by Crippen LogP contribution is 2.33. The van der Waals surface area contributed by atoms with Crippen LogP contribution in [0.25, 0.3) is 11.5 Å². The highest BCUT2D eigenvalue weighted by atomic mass is 79.9. The highest BCUT2D eigenvalue weighted by Gasteiger charge is 2.21. The molecule has 0 spiro atoms. The molecule has 1 aromatic heterocycles. The van der Waals surface area contributed by atoms with Gasteiger partial charge in [0.25, 0.3) is 0 Å². The molecular weight excluding hydrogens is 316 g/mol. The van der Waals surface area contributed by atoms with Gasteiger partial charge in [-0.1, -0.05) is 17.7 Å². The van der Waals surface area contributed by atoms with Crippen LogP contribution in [0.2, 0.25) is 5.02 Å². The second kappa shape index (κ2) is 5.03. The first-order valence-corrected chi connectivity index (χ1v) is 7.03. The van der Waals surface area contributed by atoms with Crippen LogP contribution in [-0.4, -0.2) is 11.0 Å². The lowest BCUT2D eigenvalue weighted by Crippen LogP contribution is -2.15. The fourth-order valence-electron chi connectivity index (χ4n) is 1.72. The molecular formula is C13H12BrClN2O. The molecule has 1 N–H and O–H groups in total. The summed E-state index contributed by atoms with van der Waals surface area (Å²) in [6.07, 6.45) is 4.21. The minimum absolute atomic E-state index is 0.564. The Morgan fingerprint density at radius 1 is 1.44 bits per heavy atom. The van der Waals surface area contributed by atoms with E-state index in [1.165, 1.54) is 12.8 Å².